The number of rotatable bonds is 3. The molecule has 1 aliphatic rings. The summed E-state index contributed by atoms with van der Waals surface area (Å²) in [5, 5.41) is 7.14. The second kappa shape index (κ2) is 4.58. The summed E-state index contributed by atoms with van der Waals surface area (Å²) in [6, 6.07) is 1.80. The predicted octanol–water partition coefficient (Wildman–Crippen LogP) is -0.762. The Bertz CT molecular complexity index is 427. The van der Waals surface area contributed by atoms with Crippen LogP contribution in [0.15, 0.2) is 24.9 Å². The van der Waals surface area contributed by atoms with Crippen LogP contribution in [0.2, 0.25) is 0 Å². The first-order valence-corrected chi connectivity index (χ1v) is 5.53. The average Bonchev–Trinajstić information content (AvgIpc) is 2.86. The van der Waals surface area contributed by atoms with Gasteiger partial charge in [0.25, 0.3) is 0 Å². The van der Waals surface area contributed by atoms with Gasteiger partial charge >= 0.3 is 0 Å². The molecular formula is C11H17N5O. The largest absolute Gasteiger partial charge is 0.351 e. The third-order valence-corrected chi connectivity index (χ3v) is 2.90. The van der Waals surface area contributed by atoms with Crippen molar-refractivity contribution in [3.8, 4) is 0 Å². The minimum atomic E-state index is -0.187. The van der Waals surface area contributed by atoms with E-state index in [0.29, 0.717) is 13.1 Å². The van der Waals surface area contributed by atoms with E-state index < -0.39 is 0 Å². The Labute approximate surface area is 100 Å². The molecule has 0 unspecified atom stereocenters. The highest BCUT2D eigenvalue weighted by atomic mass is 16.1. The van der Waals surface area contributed by atoms with E-state index in [1.807, 2.05) is 19.3 Å². The number of carbonyl (C=O) groups is 1. The summed E-state index contributed by atoms with van der Waals surface area (Å²) >= 11 is 0. The maximum absolute atomic E-state index is 11.2. The number of amides is 1. The fraction of sp³-hybridized carbons (Fsp3) is 0.455. The van der Waals surface area contributed by atoms with Gasteiger partial charge in [0.05, 0.1) is 6.04 Å². The minimum absolute atomic E-state index is 0.0532. The Morgan fingerprint density at radius 2 is 2.47 bits per heavy atom. The Hall–Kier alpha value is -1.82. The van der Waals surface area contributed by atoms with E-state index in [9.17, 15) is 4.79 Å². The van der Waals surface area contributed by atoms with Crippen molar-refractivity contribution < 1.29 is 4.79 Å². The van der Waals surface area contributed by atoms with Gasteiger partial charge in [-0.2, -0.15) is 5.10 Å². The van der Waals surface area contributed by atoms with Crippen LogP contribution in [0.1, 0.15) is 0 Å². The van der Waals surface area contributed by atoms with E-state index in [1.165, 1.54) is 6.08 Å². The molecule has 0 aliphatic carbocycles. The SMILES string of the molecule is C=CC(=O)N[C@H]1CN(c2ccn(C)n2)C[C@H]1N. The molecule has 2 heterocycles. The molecule has 1 fully saturated rings. The highest BCUT2D eigenvalue weighted by Crippen LogP contribution is 2.17. The van der Waals surface area contributed by atoms with Crippen molar-refractivity contribution in [2.45, 2.75) is 12.1 Å². The molecule has 1 aliphatic heterocycles. The van der Waals surface area contributed by atoms with Gasteiger partial charge in [0.15, 0.2) is 5.82 Å². The number of anilines is 1. The molecule has 92 valence electrons. The number of nitrogens with one attached hydrogen (secondary N) is 1. The van der Waals surface area contributed by atoms with Crippen molar-refractivity contribution in [1.82, 2.24) is 15.1 Å². The predicted molar refractivity (Wildman–Crippen MR) is 65.5 cm³/mol. The molecule has 1 amide bonds. The molecule has 2 atom stereocenters. The number of nitrogens with two attached hydrogens (primary N) is 1. The van der Waals surface area contributed by atoms with Crippen LogP contribution in [-0.2, 0) is 11.8 Å². The first-order chi connectivity index (χ1) is 8.10. The number of aromatic nitrogens is 2. The first-order valence-electron chi connectivity index (χ1n) is 5.53. The lowest BCUT2D eigenvalue weighted by Gasteiger charge is -2.15. The zero-order chi connectivity index (χ0) is 12.4. The monoisotopic (exact) mass is 235 g/mol. The first kappa shape index (κ1) is 11.7. The van der Waals surface area contributed by atoms with Crippen LogP contribution >= 0.6 is 0 Å². The normalized spacial score (nSPS) is 23.8. The highest BCUT2D eigenvalue weighted by molar-refractivity contribution is 5.87. The zero-order valence-electron chi connectivity index (χ0n) is 9.84. The van der Waals surface area contributed by atoms with Crippen LogP contribution in [0.3, 0.4) is 0 Å². The van der Waals surface area contributed by atoms with Crippen molar-refractivity contribution in [2.24, 2.45) is 12.8 Å². The average molecular weight is 235 g/mol. The van der Waals surface area contributed by atoms with Crippen molar-refractivity contribution >= 4 is 11.7 Å². The van der Waals surface area contributed by atoms with Gasteiger partial charge in [0, 0.05) is 38.4 Å². The Balaban J connectivity index is 2.01. The number of carbonyl (C=O) groups excluding carboxylic acids is 1. The lowest BCUT2D eigenvalue weighted by Crippen LogP contribution is -2.46. The smallest absolute Gasteiger partial charge is 0.243 e. The van der Waals surface area contributed by atoms with Gasteiger partial charge in [-0.1, -0.05) is 6.58 Å². The van der Waals surface area contributed by atoms with E-state index in [0.717, 1.165) is 5.82 Å². The van der Waals surface area contributed by atoms with Crippen LogP contribution in [0, 0.1) is 0 Å². The molecule has 0 bridgehead atoms. The maximum atomic E-state index is 11.2. The minimum Gasteiger partial charge on any atom is -0.351 e. The molecule has 3 N–H and O–H groups in total. The second-order valence-electron chi connectivity index (χ2n) is 4.24. The second-order valence-corrected chi connectivity index (χ2v) is 4.24. The molecular weight excluding hydrogens is 218 g/mol. The lowest BCUT2D eigenvalue weighted by molar-refractivity contribution is -0.117. The highest BCUT2D eigenvalue weighted by Gasteiger charge is 2.31. The number of nitrogens with zero attached hydrogens (tertiary/aromatic N) is 3. The van der Waals surface area contributed by atoms with Crippen molar-refractivity contribution in [3.63, 3.8) is 0 Å². The van der Waals surface area contributed by atoms with Gasteiger partial charge in [-0.15, -0.1) is 0 Å². The summed E-state index contributed by atoms with van der Waals surface area (Å²) in [7, 11) is 1.87. The molecule has 1 saturated heterocycles. The summed E-state index contributed by atoms with van der Waals surface area (Å²) < 4.78 is 1.75. The zero-order valence-corrected chi connectivity index (χ0v) is 9.84. The molecule has 0 aromatic carbocycles. The molecule has 1 aromatic rings. The van der Waals surface area contributed by atoms with Crippen molar-refractivity contribution in [2.75, 3.05) is 18.0 Å². The Morgan fingerprint density at radius 1 is 1.71 bits per heavy atom. The van der Waals surface area contributed by atoms with Gasteiger partial charge < -0.3 is 16.0 Å². The maximum Gasteiger partial charge on any atom is 0.243 e. The van der Waals surface area contributed by atoms with Crippen LogP contribution < -0.4 is 16.0 Å². The van der Waals surface area contributed by atoms with Gasteiger partial charge in [-0.25, -0.2) is 0 Å². The number of hydrogen-bond donors (Lipinski definition) is 2. The van der Waals surface area contributed by atoms with E-state index in [4.69, 9.17) is 5.73 Å². The van der Waals surface area contributed by atoms with Crippen molar-refractivity contribution in [3.05, 3.63) is 24.9 Å². The lowest BCUT2D eigenvalue weighted by atomic mass is 10.2. The molecule has 0 spiro atoms. The van der Waals surface area contributed by atoms with E-state index in [1.54, 1.807) is 4.68 Å². The summed E-state index contributed by atoms with van der Waals surface area (Å²) in [6.07, 6.45) is 3.15. The summed E-state index contributed by atoms with van der Waals surface area (Å²) in [4.78, 5) is 13.3. The summed E-state index contributed by atoms with van der Waals surface area (Å²) in [6.45, 7) is 4.80. The van der Waals surface area contributed by atoms with Crippen LogP contribution in [0.5, 0.6) is 0 Å². The topological polar surface area (TPSA) is 76.2 Å². The van der Waals surface area contributed by atoms with E-state index in [2.05, 4.69) is 21.9 Å². The molecule has 2 rings (SSSR count). The van der Waals surface area contributed by atoms with Gasteiger partial charge in [-0.3, -0.25) is 9.48 Å². The quantitative estimate of drug-likeness (QED) is 0.675. The van der Waals surface area contributed by atoms with Crippen molar-refractivity contribution in [1.29, 1.82) is 0 Å². The summed E-state index contributed by atoms with van der Waals surface area (Å²) in [5.74, 6) is 0.701. The molecule has 17 heavy (non-hydrogen) atoms. The third-order valence-electron chi connectivity index (χ3n) is 2.90. The van der Waals surface area contributed by atoms with E-state index >= 15 is 0 Å². The standard InChI is InChI=1S/C11H17N5O/c1-3-11(17)13-9-7-16(6-8(9)12)10-4-5-15(2)14-10/h3-5,8-9H,1,6-7,12H2,2H3,(H,13,17)/t8-,9+/m1/s1. The number of aryl methyl sites for hydroxylation is 1. The van der Waals surface area contributed by atoms with Gasteiger partial charge in [0.2, 0.25) is 5.91 Å². The summed E-state index contributed by atoms with van der Waals surface area (Å²) in [5.41, 5.74) is 5.99. The van der Waals surface area contributed by atoms with Gasteiger partial charge in [0.1, 0.15) is 0 Å². The van der Waals surface area contributed by atoms with E-state index in [-0.39, 0.29) is 18.0 Å². The number of hydrogen-bond acceptors (Lipinski definition) is 4. The van der Waals surface area contributed by atoms with Crippen LogP contribution in [0.25, 0.3) is 0 Å². The fourth-order valence-electron chi connectivity index (χ4n) is 1.98. The Morgan fingerprint density at radius 3 is 3.06 bits per heavy atom. The third kappa shape index (κ3) is 2.47. The van der Waals surface area contributed by atoms with Crippen LogP contribution in [-0.4, -0.2) is 40.9 Å². The molecule has 0 radical (unpaired) electrons. The Kier molecular flexibility index (Phi) is 3.14. The molecule has 6 nitrogen and oxygen atoms in total. The van der Waals surface area contributed by atoms with Gasteiger partial charge in [-0.05, 0) is 6.08 Å². The fourth-order valence-corrected chi connectivity index (χ4v) is 1.98. The molecule has 0 saturated carbocycles. The molecule has 6 heteroatoms. The van der Waals surface area contributed by atoms with Crippen LogP contribution in [0.4, 0.5) is 5.82 Å². The molecule has 1 aromatic heterocycles.